The molecule has 0 saturated carbocycles. The van der Waals surface area contributed by atoms with Crippen molar-refractivity contribution in [2.24, 2.45) is 11.7 Å². The van der Waals surface area contributed by atoms with Crippen LogP contribution in [0.15, 0.2) is 17.1 Å². The number of nitrogens with zero attached hydrogens (tertiary/aromatic N) is 2. The predicted molar refractivity (Wildman–Crippen MR) is 94.7 cm³/mol. The normalized spacial score (nSPS) is 18.5. The smallest absolute Gasteiger partial charge is 0.341 e. The minimum absolute atomic E-state index is 0.0804. The number of aromatic nitrogens is 1. The number of aryl methyl sites for hydroxylation is 1. The third-order valence-corrected chi connectivity index (χ3v) is 5.09. The second-order valence-corrected chi connectivity index (χ2v) is 6.73. The van der Waals surface area contributed by atoms with E-state index in [1.807, 2.05) is 6.92 Å². The monoisotopic (exact) mass is 365 g/mol. The summed E-state index contributed by atoms with van der Waals surface area (Å²) < 4.78 is 31.3. The Bertz CT molecular complexity index is 940. The van der Waals surface area contributed by atoms with E-state index in [0.29, 0.717) is 13.1 Å². The van der Waals surface area contributed by atoms with E-state index < -0.39 is 28.6 Å². The van der Waals surface area contributed by atoms with Crippen molar-refractivity contribution in [3.8, 4) is 0 Å². The minimum Gasteiger partial charge on any atom is -0.477 e. The molecule has 0 radical (unpaired) electrons. The Kier molecular flexibility index (Phi) is 4.70. The summed E-state index contributed by atoms with van der Waals surface area (Å²) in [7, 11) is 0. The number of carbonyl (C=O) groups is 1. The lowest BCUT2D eigenvalue weighted by molar-refractivity contribution is 0.0695. The van der Waals surface area contributed by atoms with Crippen molar-refractivity contribution in [3.05, 3.63) is 39.7 Å². The van der Waals surface area contributed by atoms with Crippen molar-refractivity contribution in [2.45, 2.75) is 32.9 Å². The van der Waals surface area contributed by atoms with Crippen molar-refractivity contribution in [1.82, 2.24) is 4.57 Å². The quantitative estimate of drug-likeness (QED) is 0.867. The number of aromatic carboxylic acids is 1. The van der Waals surface area contributed by atoms with Crippen molar-refractivity contribution < 1.29 is 18.7 Å². The molecule has 3 N–H and O–H groups in total. The molecular weight excluding hydrogens is 344 g/mol. The molecule has 0 spiro atoms. The summed E-state index contributed by atoms with van der Waals surface area (Å²) in [4.78, 5) is 25.2. The zero-order valence-corrected chi connectivity index (χ0v) is 14.6. The van der Waals surface area contributed by atoms with Crippen LogP contribution in [0.5, 0.6) is 0 Å². The summed E-state index contributed by atoms with van der Waals surface area (Å²) in [5.41, 5.74) is 4.23. The summed E-state index contributed by atoms with van der Waals surface area (Å²) in [6, 6.07) is 0.854. The van der Waals surface area contributed by atoms with Gasteiger partial charge in [0.2, 0.25) is 5.43 Å². The molecule has 1 saturated heterocycles. The van der Waals surface area contributed by atoms with Gasteiger partial charge in [-0.05, 0) is 32.3 Å². The van der Waals surface area contributed by atoms with Gasteiger partial charge in [-0.25, -0.2) is 13.6 Å². The van der Waals surface area contributed by atoms with Gasteiger partial charge in [-0.15, -0.1) is 0 Å². The summed E-state index contributed by atoms with van der Waals surface area (Å²) >= 11 is 0. The fourth-order valence-corrected chi connectivity index (χ4v) is 3.59. The first-order valence-corrected chi connectivity index (χ1v) is 8.55. The van der Waals surface area contributed by atoms with Gasteiger partial charge in [-0.1, -0.05) is 0 Å². The topological polar surface area (TPSA) is 88.6 Å². The van der Waals surface area contributed by atoms with Gasteiger partial charge in [0.15, 0.2) is 5.82 Å². The van der Waals surface area contributed by atoms with Crippen LogP contribution in [0.4, 0.5) is 14.5 Å². The zero-order chi connectivity index (χ0) is 19.2. The van der Waals surface area contributed by atoms with Gasteiger partial charge in [-0.3, -0.25) is 4.79 Å². The Morgan fingerprint density at radius 2 is 2.15 bits per heavy atom. The standard InChI is InChI=1S/C18H21F2N3O3/c1-3-22-8-12(18(25)26)17(24)11-6-13(19)16(14(20)15(11)22)23-5-4-10(7-23)9(2)21/h6,8-10H,3-5,7,21H2,1-2H3,(H,25,26)/t9-,10+/m1/s1. The van der Waals surface area contributed by atoms with Gasteiger partial charge >= 0.3 is 5.97 Å². The van der Waals surface area contributed by atoms with Crippen molar-refractivity contribution in [3.63, 3.8) is 0 Å². The molecular formula is C18H21F2N3O3. The van der Waals surface area contributed by atoms with Gasteiger partial charge in [-0.2, -0.15) is 0 Å². The highest BCUT2D eigenvalue weighted by Gasteiger charge is 2.31. The van der Waals surface area contributed by atoms with E-state index in [1.165, 1.54) is 4.57 Å². The average molecular weight is 365 g/mol. The van der Waals surface area contributed by atoms with E-state index in [1.54, 1.807) is 11.8 Å². The molecule has 1 fully saturated rings. The molecule has 3 rings (SSSR count). The van der Waals surface area contributed by atoms with Crippen LogP contribution in [0, 0.1) is 17.6 Å². The van der Waals surface area contributed by atoms with Gasteiger partial charge in [0, 0.05) is 31.9 Å². The molecule has 0 amide bonds. The van der Waals surface area contributed by atoms with Gasteiger partial charge in [0.05, 0.1) is 10.9 Å². The average Bonchev–Trinajstić information content (AvgIpc) is 3.05. The second kappa shape index (κ2) is 6.68. The Morgan fingerprint density at radius 3 is 2.69 bits per heavy atom. The summed E-state index contributed by atoms with van der Waals surface area (Å²) in [6.07, 6.45) is 1.83. The van der Waals surface area contributed by atoms with E-state index in [2.05, 4.69) is 0 Å². The Hall–Kier alpha value is -2.48. The fourth-order valence-electron chi connectivity index (χ4n) is 3.59. The van der Waals surface area contributed by atoms with Crippen molar-refractivity contribution in [1.29, 1.82) is 0 Å². The van der Waals surface area contributed by atoms with Crippen LogP contribution < -0.4 is 16.1 Å². The maximum atomic E-state index is 15.3. The molecule has 2 atom stereocenters. The van der Waals surface area contributed by atoms with Gasteiger partial charge < -0.3 is 20.3 Å². The molecule has 8 heteroatoms. The van der Waals surface area contributed by atoms with Crippen molar-refractivity contribution in [2.75, 3.05) is 18.0 Å². The van der Waals surface area contributed by atoms with Gasteiger partial charge in [0.25, 0.3) is 0 Å². The highest BCUT2D eigenvalue weighted by atomic mass is 19.1. The summed E-state index contributed by atoms with van der Waals surface area (Å²) in [5.74, 6) is -3.01. The number of halogens is 2. The van der Waals surface area contributed by atoms with Crippen LogP contribution in [0.25, 0.3) is 10.9 Å². The lowest BCUT2D eigenvalue weighted by atomic mass is 10.0. The molecule has 26 heavy (non-hydrogen) atoms. The highest BCUT2D eigenvalue weighted by molar-refractivity contribution is 5.93. The first kappa shape index (κ1) is 18.3. The van der Waals surface area contributed by atoms with Crippen LogP contribution >= 0.6 is 0 Å². The third kappa shape index (κ3) is 2.84. The number of benzene rings is 1. The number of carboxylic acids is 1. The van der Waals surface area contributed by atoms with Crippen LogP contribution in [-0.2, 0) is 6.54 Å². The molecule has 1 aliphatic rings. The van der Waals surface area contributed by atoms with Crippen molar-refractivity contribution >= 4 is 22.6 Å². The maximum Gasteiger partial charge on any atom is 0.341 e. The van der Waals surface area contributed by atoms with Crippen LogP contribution in [-0.4, -0.2) is 34.8 Å². The predicted octanol–water partition coefficient (Wildman–Crippen LogP) is 2.17. The lowest BCUT2D eigenvalue weighted by Gasteiger charge is -2.23. The minimum atomic E-state index is -1.43. The number of hydrogen-bond acceptors (Lipinski definition) is 4. The lowest BCUT2D eigenvalue weighted by Crippen LogP contribution is -2.30. The number of fused-ring (bicyclic) bond motifs is 1. The van der Waals surface area contributed by atoms with Crippen LogP contribution in [0.2, 0.25) is 0 Å². The van der Waals surface area contributed by atoms with Crippen LogP contribution in [0.1, 0.15) is 30.6 Å². The molecule has 1 aromatic carbocycles. The molecule has 0 bridgehead atoms. The molecule has 140 valence electrons. The first-order chi connectivity index (χ1) is 12.3. The number of hydrogen-bond donors (Lipinski definition) is 2. The molecule has 0 aliphatic carbocycles. The van der Waals surface area contributed by atoms with Crippen LogP contribution in [0.3, 0.4) is 0 Å². The molecule has 2 aromatic rings. The molecule has 2 heterocycles. The SMILES string of the molecule is CCn1cc(C(=O)O)c(=O)c2cc(F)c(N3CC[C@H]([C@@H](C)N)C3)c(F)c21. The Labute approximate surface area is 148 Å². The largest absolute Gasteiger partial charge is 0.477 e. The fraction of sp³-hybridized carbons (Fsp3) is 0.444. The number of carboxylic acid groups (broad SMARTS) is 1. The maximum absolute atomic E-state index is 15.3. The van der Waals surface area contributed by atoms with Gasteiger partial charge in [0.1, 0.15) is 17.1 Å². The summed E-state index contributed by atoms with van der Waals surface area (Å²) in [6.45, 7) is 4.70. The zero-order valence-electron chi connectivity index (χ0n) is 14.6. The molecule has 1 aromatic heterocycles. The van der Waals surface area contributed by atoms with E-state index >= 15 is 4.39 Å². The second-order valence-electron chi connectivity index (χ2n) is 6.73. The Balaban J connectivity index is 2.24. The van der Waals surface area contributed by atoms with E-state index in [-0.39, 0.29) is 35.1 Å². The third-order valence-electron chi connectivity index (χ3n) is 5.09. The van der Waals surface area contributed by atoms with E-state index in [0.717, 1.165) is 18.7 Å². The first-order valence-electron chi connectivity index (χ1n) is 8.55. The van der Waals surface area contributed by atoms with E-state index in [9.17, 15) is 19.1 Å². The number of nitrogens with two attached hydrogens (primary N) is 1. The number of pyridine rings is 1. The number of anilines is 1. The van der Waals surface area contributed by atoms with E-state index in [4.69, 9.17) is 5.73 Å². The summed E-state index contributed by atoms with van der Waals surface area (Å²) in [5, 5.41) is 8.90. The number of rotatable bonds is 4. The molecule has 6 nitrogen and oxygen atoms in total. The highest BCUT2D eigenvalue weighted by Crippen LogP contribution is 2.33. The molecule has 1 aliphatic heterocycles. The molecule has 0 unspecified atom stereocenters. The Morgan fingerprint density at radius 1 is 1.46 bits per heavy atom.